The van der Waals surface area contributed by atoms with Crippen molar-refractivity contribution in [1.29, 1.82) is 5.26 Å². The summed E-state index contributed by atoms with van der Waals surface area (Å²) < 4.78 is 2.15. The quantitative estimate of drug-likeness (QED) is 0.406. The maximum Gasteiger partial charge on any atom is 0.180 e. The Kier molecular flexibility index (Phi) is 6.04. The highest BCUT2D eigenvalue weighted by molar-refractivity contribution is 5.84. The van der Waals surface area contributed by atoms with Gasteiger partial charge in [-0.2, -0.15) is 5.26 Å². The Balaban J connectivity index is 1.62. The number of nitriles is 1. The van der Waals surface area contributed by atoms with Crippen LogP contribution in [0.4, 0.5) is 5.82 Å². The van der Waals surface area contributed by atoms with Crippen molar-refractivity contribution in [1.82, 2.24) is 19.3 Å². The summed E-state index contributed by atoms with van der Waals surface area (Å²) in [5.41, 5.74) is 6.67. The Labute approximate surface area is 201 Å². The van der Waals surface area contributed by atoms with E-state index in [4.69, 9.17) is 9.97 Å². The van der Waals surface area contributed by atoms with Gasteiger partial charge in [0.15, 0.2) is 11.5 Å². The normalized spacial score (nSPS) is 16.1. The highest BCUT2D eigenvalue weighted by Gasteiger charge is 2.23. The van der Waals surface area contributed by atoms with Crippen LogP contribution in [0.1, 0.15) is 30.4 Å². The van der Waals surface area contributed by atoms with Crippen LogP contribution in [-0.4, -0.2) is 52.5 Å². The van der Waals surface area contributed by atoms with Gasteiger partial charge in [-0.15, -0.1) is 0 Å². The Morgan fingerprint density at radius 1 is 1.09 bits per heavy atom. The number of nitrogens with zero attached hydrogens (tertiary/aromatic N) is 6. The fourth-order valence-electron chi connectivity index (χ4n) is 4.91. The zero-order chi connectivity index (χ0) is 23.7. The first-order valence-electron chi connectivity index (χ1n) is 11.9. The zero-order valence-electron chi connectivity index (χ0n) is 20.1. The molecule has 6 nitrogen and oxygen atoms in total. The third-order valence-corrected chi connectivity index (χ3v) is 6.97. The minimum atomic E-state index is 0.628. The first-order chi connectivity index (χ1) is 16.5. The Hall–Kier alpha value is -3.69. The van der Waals surface area contributed by atoms with Crippen LogP contribution in [0.5, 0.6) is 0 Å². The lowest BCUT2D eigenvalue weighted by Gasteiger charge is -2.25. The molecular weight excluding hydrogens is 420 g/mol. The van der Waals surface area contributed by atoms with Gasteiger partial charge in [-0.05, 0) is 51.9 Å². The van der Waals surface area contributed by atoms with Gasteiger partial charge in [-0.3, -0.25) is 4.40 Å². The minimum absolute atomic E-state index is 0.628. The zero-order valence-corrected chi connectivity index (χ0v) is 20.1. The maximum absolute atomic E-state index is 9.27. The van der Waals surface area contributed by atoms with Gasteiger partial charge < -0.3 is 9.80 Å². The van der Waals surface area contributed by atoms with Crippen molar-refractivity contribution < 1.29 is 0 Å². The number of hydrogen-bond acceptors (Lipinski definition) is 5. The number of aromatic nitrogens is 3. The summed E-state index contributed by atoms with van der Waals surface area (Å²) in [6, 6.07) is 19.0. The van der Waals surface area contributed by atoms with Crippen molar-refractivity contribution in [3.8, 4) is 28.6 Å². The van der Waals surface area contributed by atoms with E-state index in [1.807, 2.05) is 36.7 Å². The van der Waals surface area contributed by atoms with Gasteiger partial charge in [-0.1, -0.05) is 42.0 Å². The van der Waals surface area contributed by atoms with E-state index in [1.54, 1.807) is 0 Å². The van der Waals surface area contributed by atoms with Crippen molar-refractivity contribution >= 4 is 11.5 Å². The number of benzene rings is 2. The molecular formula is C28H30N6. The Morgan fingerprint density at radius 2 is 1.82 bits per heavy atom. The topological polar surface area (TPSA) is 60.5 Å². The van der Waals surface area contributed by atoms with E-state index in [2.05, 4.69) is 65.6 Å². The molecule has 0 spiro atoms. The van der Waals surface area contributed by atoms with E-state index >= 15 is 0 Å². The molecule has 1 saturated heterocycles. The molecule has 0 amide bonds. The lowest BCUT2D eigenvalue weighted by Crippen LogP contribution is -2.30. The summed E-state index contributed by atoms with van der Waals surface area (Å²) >= 11 is 0. The smallest absolute Gasteiger partial charge is 0.180 e. The molecule has 1 atom stereocenters. The molecule has 2 aromatic carbocycles. The maximum atomic E-state index is 9.27. The van der Waals surface area contributed by atoms with E-state index in [-0.39, 0.29) is 0 Å². The summed E-state index contributed by atoms with van der Waals surface area (Å²) in [5, 5.41) is 9.27. The second-order valence-electron chi connectivity index (χ2n) is 9.30. The van der Waals surface area contributed by atoms with E-state index in [9.17, 15) is 5.26 Å². The van der Waals surface area contributed by atoms with Crippen LogP contribution in [-0.2, 0) is 0 Å². The lowest BCUT2D eigenvalue weighted by atomic mass is 10.0. The Morgan fingerprint density at radius 3 is 2.50 bits per heavy atom. The second kappa shape index (κ2) is 9.28. The molecule has 1 aliphatic heterocycles. The average molecular weight is 451 g/mol. The number of rotatable bonds is 6. The van der Waals surface area contributed by atoms with Crippen molar-refractivity contribution in [2.75, 3.05) is 32.1 Å². The number of aryl methyl sites for hydroxylation is 1. The standard InChI is InChI=1S/C28H30N6/c1-20-6-10-23(11-7-20)26-25(22-12-8-21(19-29)9-13-22)31-28(27-30-15-18-34(26)27)33(3)17-14-24-5-4-16-32(24)2/h6-13,15,18,24H,4-5,14,16-17H2,1-3H3. The summed E-state index contributed by atoms with van der Waals surface area (Å²) in [6.45, 7) is 4.20. The van der Waals surface area contributed by atoms with E-state index in [0.717, 1.165) is 46.9 Å². The number of likely N-dealkylation sites (tertiary alicyclic amines) is 1. The van der Waals surface area contributed by atoms with Crippen LogP contribution in [0.3, 0.4) is 0 Å². The average Bonchev–Trinajstić information content (AvgIpc) is 3.51. The molecule has 1 fully saturated rings. The molecule has 172 valence electrons. The highest BCUT2D eigenvalue weighted by Crippen LogP contribution is 2.35. The van der Waals surface area contributed by atoms with E-state index in [0.29, 0.717) is 11.6 Å². The predicted octanol–water partition coefficient (Wildman–Crippen LogP) is 5.16. The molecule has 6 heteroatoms. The van der Waals surface area contributed by atoms with Crippen LogP contribution in [0.15, 0.2) is 60.9 Å². The van der Waals surface area contributed by atoms with Gasteiger partial charge >= 0.3 is 0 Å². The predicted molar refractivity (Wildman–Crippen MR) is 137 cm³/mol. The van der Waals surface area contributed by atoms with Gasteiger partial charge in [0.2, 0.25) is 0 Å². The van der Waals surface area contributed by atoms with Gasteiger partial charge in [0, 0.05) is 43.2 Å². The molecule has 5 rings (SSSR count). The third-order valence-electron chi connectivity index (χ3n) is 6.97. The van der Waals surface area contributed by atoms with Crippen LogP contribution in [0.2, 0.25) is 0 Å². The largest absolute Gasteiger partial charge is 0.357 e. The summed E-state index contributed by atoms with van der Waals surface area (Å²) in [5.74, 6) is 0.876. The highest BCUT2D eigenvalue weighted by atomic mass is 15.2. The number of imidazole rings is 1. The van der Waals surface area contributed by atoms with Gasteiger partial charge in [0.05, 0.1) is 23.0 Å². The van der Waals surface area contributed by atoms with Crippen molar-refractivity contribution in [2.45, 2.75) is 32.2 Å². The van der Waals surface area contributed by atoms with Crippen LogP contribution in [0.25, 0.3) is 28.2 Å². The molecule has 1 aliphatic rings. The van der Waals surface area contributed by atoms with Crippen molar-refractivity contribution in [2.24, 2.45) is 0 Å². The molecule has 0 N–H and O–H groups in total. The van der Waals surface area contributed by atoms with Crippen LogP contribution < -0.4 is 4.90 Å². The summed E-state index contributed by atoms with van der Waals surface area (Å²) in [4.78, 5) is 14.6. The second-order valence-corrected chi connectivity index (χ2v) is 9.30. The summed E-state index contributed by atoms with van der Waals surface area (Å²) in [7, 11) is 4.34. The molecule has 1 unspecified atom stereocenters. The van der Waals surface area contributed by atoms with E-state index in [1.165, 1.54) is 24.9 Å². The fraction of sp³-hybridized carbons (Fsp3) is 0.321. The van der Waals surface area contributed by atoms with Crippen LogP contribution >= 0.6 is 0 Å². The van der Waals surface area contributed by atoms with Gasteiger partial charge in [0.25, 0.3) is 0 Å². The molecule has 0 bridgehead atoms. The molecule has 4 aromatic rings. The van der Waals surface area contributed by atoms with E-state index < -0.39 is 0 Å². The monoisotopic (exact) mass is 450 g/mol. The Bertz CT molecular complexity index is 1330. The number of hydrogen-bond donors (Lipinski definition) is 0. The first kappa shape index (κ1) is 22.1. The SMILES string of the molecule is Cc1ccc(-c2c(-c3ccc(C#N)cc3)nc(N(C)CCC3CCCN3C)c3nccn23)cc1. The number of fused-ring (bicyclic) bond motifs is 1. The molecule has 2 aromatic heterocycles. The van der Waals surface area contributed by atoms with Crippen LogP contribution in [0, 0.1) is 18.3 Å². The lowest BCUT2D eigenvalue weighted by molar-refractivity contribution is 0.298. The first-order valence-corrected chi connectivity index (χ1v) is 11.9. The molecule has 0 radical (unpaired) electrons. The molecule has 0 aliphatic carbocycles. The van der Waals surface area contributed by atoms with Crippen molar-refractivity contribution in [3.63, 3.8) is 0 Å². The van der Waals surface area contributed by atoms with Gasteiger partial charge in [0.1, 0.15) is 0 Å². The molecule has 34 heavy (non-hydrogen) atoms. The number of anilines is 1. The molecule has 3 heterocycles. The van der Waals surface area contributed by atoms with Gasteiger partial charge in [-0.25, -0.2) is 9.97 Å². The third kappa shape index (κ3) is 4.15. The molecule has 0 saturated carbocycles. The van der Waals surface area contributed by atoms with Crippen molar-refractivity contribution in [3.05, 3.63) is 72.1 Å². The fourth-order valence-corrected chi connectivity index (χ4v) is 4.91. The minimum Gasteiger partial charge on any atom is -0.357 e. The summed E-state index contributed by atoms with van der Waals surface area (Å²) in [6.07, 6.45) is 7.51.